The lowest BCUT2D eigenvalue weighted by molar-refractivity contribution is 0.681. The van der Waals surface area contributed by atoms with E-state index in [0.717, 1.165) is 22.8 Å². The number of rotatable bonds is 4. The number of nitrogens with zero attached hydrogens (tertiary/aromatic N) is 3. The maximum absolute atomic E-state index is 5.86. The quantitative estimate of drug-likeness (QED) is 0.681. The predicted octanol–water partition coefficient (Wildman–Crippen LogP) is 2.13. The molecule has 0 saturated carbocycles. The van der Waals surface area contributed by atoms with Gasteiger partial charge in [0.25, 0.3) is 0 Å². The summed E-state index contributed by atoms with van der Waals surface area (Å²) in [7, 11) is 0. The maximum Gasteiger partial charge on any atom is 0.222 e. The molecule has 0 spiro atoms. The molecule has 0 aliphatic heterocycles. The molecule has 0 unspecified atom stereocenters. The fourth-order valence-electron chi connectivity index (χ4n) is 2.13. The molecule has 0 amide bonds. The molecular formula is C15H15ClN6. The Labute approximate surface area is 132 Å². The van der Waals surface area contributed by atoms with Crippen LogP contribution in [0.2, 0.25) is 5.02 Å². The Morgan fingerprint density at radius 1 is 0.909 bits per heavy atom. The van der Waals surface area contributed by atoms with Crippen molar-refractivity contribution < 1.29 is 0 Å². The highest BCUT2D eigenvalue weighted by atomic mass is 35.5. The molecule has 0 saturated heterocycles. The van der Waals surface area contributed by atoms with Gasteiger partial charge in [-0.05, 0) is 29.8 Å². The van der Waals surface area contributed by atoms with Gasteiger partial charge in [-0.15, -0.1) is 0 Å². The Bertz CT molecular complexity index is 803. The molecule has 22 heavy (non-hydrogen) atoms. The average Bonchev–Trinajstić information content (AvgIpc) is 2.50. The third-order valence-electron chi connectivity index (χ3n) is 3.19. The van der Waals surface area contributed by atoms with Gasteiger partial charge in [-0.2, -0.15) is 4.98 Å². The van der Waals surface area contributed by atoms with E-state index in [4.69, 9.17) is 23.1 Å². The van der Waals surface area contributed by atoms with E-state index < -0.39 is 0 Å². The van der Waals surface area contributed by atoms with Crippen molar-refractivity contribution in [3.05, 3.63) is 52.7 Å². The molecule has 2 aromatic heterocycles. The second-order valence-corrected chi connectivity index (χ2v) is 5.30. The van der Waals surface area contributed by atoms with E-state index in [2.05, 4.69) is 20.3 Å². The van der Waals surface area contributed by atoms with Crippen LogP contribution in [0.15, 0.2) is 36.4 Å². The monoisotopic (exact) mass is 314 g/mol. The molecule has 0 radical (unpaired) electrons. The molecule has 6 nitrogen and oxygen atoms in total. The van der Waals surface area contributed by atoms with E-state index in [1.807, 2.05) is 36.4 Å². The lowest BCUT2D eigenvalue weighted by Crippen LogP contribution is -2.14. The van der Waals surface area contributed by atoms with Gasteiger partial charge in [-0.1, -0.05) is 23.7 Å². The number of benzene rings is 1. The number of hydrogen-bond acceptors (Lipinski definition) is 6. The van der Waals surface area contributed by atoms with Crippen molar-refractivity contribution in [3.8, 4) is 0 Å². The van der Waals surface area contributed by atoms with Crippen LogP contribution >= 0.6 is 11.6 Å². The van der Waals surface area contributed by atoms with Gasteiger partial charge in [0.1, 0.15) is 5.52 Å². The van der Waals surface area contributed by atoms with Gasteiger partial charge in [0.15, 0.2) is 5.82 Å². The third-order valence-corrected chi connectivity index (χ3v) is 3.44. The number of anilines is 2. The summed E-state index contributed by atoms with van der Waals surface area (Å²) in [6.07, 6.45) is 0. The number of halogens is 1. The molecule has 0 fully saturated rings. The van der Waals surface area contributed by atoms with Gasteiger partial charge in [0.05, 0.1) is 11.2 Å². The molecular weight excluding hydrogens is 300 g/mol. The zero-order valence-corrected chi connectivity index (χ0v) is 12.5. The van der Waals surface area contributed by atoms with Crippen LogP contribution in [-0.2, 0) is 13.1 Å². The van der Waals surface area contributed by atoms with Crippen molar-refractivity contribution in [1.29, 1.82) is 0 Å². The van der Waals surface area contributed by atoms with Crippen molar-refractivity contribution in [2.24, 2.45) is 0 Å². The number of fused-ring (bicyclic) bond motifs is 1. The smallest absolute Gasteiger partial charge is 0.222 e. The summed E-state index contributed by atoms with van der Waals surface area (Å²) in [6.45, 7) is 1.34. The number of pyridine rings is 1. The minimum atomic E-state index is 0.153. The molecule has 0 atom stereocenters. The number of nitrogen functional groups attached to an aromatic ring is 2. The Balaban J connectivity index is 1.70. The number of hydrogen-bond donors (Lipinski definition) is 3. The van der Waals surface area contributed by atoms with Crippen LogP contribution in [0, 0.1) is 0 Å². The van der Waals surface area contributed by atoms with Crippen LogP contribution in [0.4, 0.5) is 11.8 Å². The molecule has 112 valence electrons. The van der Waals surface area contributed by atoms with Crippen LogP contribution in [-0.4, -0.2) is 15.0 Å². The lowest BCUT2D eigenvalue weighted by Gasteiger charge is -2.07. The van der Waals surface area contributed by atoms with Crippen LogP contribution in [0.3, 0.4) is 0 Å². The van der Waals surface area contributed by atoms with Crippen LogP contribution < -0.4 is 16.8 Å². The van der Waals surface area contributed by atoms with E-state index in [9.17, 15) is 0 Å². The fraction of sp³-hybridized carbons (Fsp3) is 0.133. The molecule has 2 heterocycles. The Morgan fingerprint density at radius 2 is 1.68 bits per heavy atom. The van der Waals surface area contributed by atoms with Crippen LogP contribution in [0.25, 0.3) is 11.0 Å². The summed E-state index contributed by atoms with van der Waals surface area (Å²) in [6, 6.07) is 11.4. The topological polar surface area (TPSA) is 103 Å². The molecule has 1 aromatic carbocycles. The van der Waals surface area contributed by atoms with Gasteiger partial charge in [-0.25, -0.2) is 9.97 Å². The summed E-state index contributed by atoms with van der Waals surface area (Å²) in [5.74, 6) is 0.447. The Kier molecular flexibility index (Phi) is 4.04. The number of aromatic nitrogens is 3. The number of nitrogens with one attached hydrogen (secondary N) is 1. The van der Waals surface area contributed by atoms with Crippen molar-refractivity contribution in [3.63, 3.8) is 0 Å². The zero-order chi connectivity index (χ0) is 15.5. The van der Waals surface area contributed by atoms with E-state index in [1.165, 1.54) is 0 Å². The zero-order valence-electron chi connectivity index (χ0n) is 11.8. The second kappa shape index (κ2) is 6.13. The molecule has 0 aliphatic rings. The average molecular weight is 315 g/mol. The van der Waals surface area contributed by atoms with Gasteiger partial charge in [0, 0.05) is 18.1 Å². The SMILES string of the molecule is Nc1nc(N)c2nc(CNCc3ccc(Cl)cc3)ccc2n1. The lowest BCUT2D eigenvalue weighted by atomic mass is 10.2. The summed E-state index contributed by atoms with van der Waals surface area (Å²) in [5, 5.41) is 4.05. The fourth-order valence-corrected chi connectivity index (χ4v) is 2.26. The Morgan fingerprint density at radius 3 is 2.45 bits per heavy atom. The molecule has 0 bridgehead atoms. The predicted molar refractivity (Wildman–Crippen MR) is 88.2 cm³/mol. The highest BCUT2D eigenvalue weighted by Crippen LogP contribution is 2.16. The minimum absolute atomic E-state index is 0.153. The first-order chi connectivity index (χ1) is 10.6. The normalized spacial score (nSPS) is 11.0. The highest BCUT2D eigenvalue weighted by molar-refractivity contribution is 6.30. The second-order valence-electron chi connectivity index (χ2n) is 4.87. The molecule has 7 heteroatoms. The van der Waals surface area contributed by atoms with Crippen LogP contribution in [0.5, 0.6) is 0 Å². The van der Waals surface area contributed by atoms with Gasteiger partial charge >= 0.3 is 0 Å². The molecule has 5 N–H and O–H groups in total. The van der Waals surface area contributed by atoms with Gasteiger partial charge < -0.3 is 16.8 Å². The standard InChI is InChI=1S/C15H15ClN6/c16-10-3-1-9(2-4-10)7-19-8-11-5-6-12-13(20-11)14(17)22-15(18)21-12/h1-6,19H,7-8H2,(H4,17,18,21,22). The first-order valence-electron chi connectivity index (χ1n) is 6.75. The molecule has 3 rings (SSSR count). The maximum atomic E-state index is 5.86. The Hall–Kier alpha value is -2.44. The number of nitrogens with two attached hydrogens (primary N) is 2. The highest BCUT2D eigenvalue weighted by Gasteiger charge is 2.06. The van der Waals surface area contributed by atoms with E-state index >= 15 is 0 Å². The summed E-state index contributed by atoms with van der Waals surface area (Å²) < 4.78 is 0. The van der Waals surface area contributed by atoms with E-state index in [0.29, 0.717) is 23.4 Å². The van der Waals surface area contributed by atoms with Crippen molar-refractivity contribution >= 4 is 34.4 Å². The minimum Gasteiger partial charge on any atom is -0.382 e. The van der Waals surface area contributed by atoms with Crippen molar-refractivity contribution in [2.75, 3.05) is 11.5 Å². The van der Waals surface area contributed by atoms with Crippen LogP contribution in [0.1, 0.15) is 11.3 Å². The first kappa shape index (κ1) is 14.5. The van der Waals surface area contributed by atoms with Crippen molar-refractivity contribution in [2.45, 2.75) is 13.1 Å². The summed E-state index contributed by atoms with van der Waals surface area (Å²) in [5.41, 5.74) is 14.6. The van der Waals surface area contributed by atoms with Gasteiger partial charge in [-0.3, -0.25) is 0 Å². The third kappa shape index (κ3) is 3.24. The largest absolute Gasteiger partial charge is 0.382 e. The van der Waals surface area contributed by atoms with E-state index in [1.54, 1.807) is 0 Å². The summed E-state index contributed by atoms with van der Waals surface area (Å²) in [4.78, 5) is 12.5. The molecule has 3 aromatic rings. The van der Waals surface area contributed by atoms with Crippen molar-refractivity contribution in [1.82, 2.24) is 20.3 Å². The summed E-state index contributed by atoms with van der Waals surface area (Å²) >= 11 is 5.86. The molecule has 0 aliphatic carbocycles. The first-order valence-corrected chi connectivity index (χ1v) is 7.13. The van der Waals surface area contributed by atoms with E-state index in [-0.39, 0.29) is 5.95 Å². The van der Waals surface area contributed by atoms with Gasteiger partial charge in [0.2, 0.25) is 5.95 Å².